The highest BCUT2D eigenvalue weighted by atomic mass is 19.1. The fourth-order valence-corrected chi connectivity index (χ4v) is 2.50. The van der Waals surface area contributed by atoms with Crippen LogP contribution >= 0.6 is 0 Å². The molecule has 14 heavy (non-hydrogen) atoms. The van der Waals surface area contributed by atoms with Gasteiger partial charge in [0.15, 0.2) is 0 Å². The van der Waals surface area contributed by atoms with Crippen LogP contribution in [0.15, 0.2) is 30.3 Å². The summed E-state index contributed by atoms with van der Waals surface area (Å²) in [4.78, 5) is 0. The molecule has 2 aromatic rings. The van der Waals surface area contributed by atoms with Crippen LogP contribution in [-0.2, 0) is 6.42 Å². The predicted octanol–water partition coefficient (Wildman–Crippen LogP) is 3.64. The van der Waals surface area contributed by atoms with Crippen LogP contribution in [0.5, 0.6) is 0 Å². The second-order valence-electron chi connectivity index (χ2n) is 4.08. The highest BCUT2D eigenvalue weighted by Crippen LogP contribution is 2.38. The van der Waals surface area contributed by atoms with E-state index in [4.69, 9.17) is 0 Å². The Labute approximate surface area is 82.4 Å². The largest absolute Gasteiger partial charge is 0.206 e. The lowest BCUT2D eigenvalue weighted by atomic mass is 10.0. The Hall–Kier alpha value is -1.37. The lowest BCUT2D eigenvalue weighted by molar-refractivity contribution is 0.639. The Bertz CT molecular complexity index is 514. The Balaban J connectivity index is 2.52. The first-order valence-electron chi connectivity index (χ1n) is 4.97. The van der Waals surface area contributed by atoms with Crippen molar-refractivity contribution in [3.8, 4) is 0 Å². The van der Waals surface area contributed by atoms with E-state index in [1.54, 1.807) is 6.07 Å². The Kier molecular flexibility index (Phi) is 1.46. The van der Waals surface area contributed by atoms with Crippen molar-refractivity contribution in [1.82, 2.24) is 0 Å². The molecule has 0 N–H and O–H groups in total. The maximum absolute atomic E-state index is 13.5. The van der Waals surface area contributed by atoms with Crippen molar-refractivity contribution < 1.29 is 4.39 Å². The molecule has 0 amide bonds. The molecular weight excluding hydrogens is 175 g/mol. The fraction of sp³-hybridized carbons (Fsp3) is 0.231. The van der Waals surface area contributed by atoms with E-state index in [0.29, 0.717) is 5.92 Å². The van der Waals surface area contributed by atoms with Crippen molar-refractivity contribution >= 4 is 10.8 Å². The lowest BCUT2D eigenvalue weighted by Crippen LogP contribution is -1.86. The zero-order chi connectivity index (χ0) is 9.71. The van der Waals surface area contributed by atoms with Crippen molar-refractivity contribution in [1.29, 1.82) is 0 Å². The van der Waals surface area contributed by atoms with E-state index in [2.05, 4.69) is 13.0 Å². The molecule has 0 aromatic heterocycles. The standard InChI is InChI=1S/C13H11F/c1-8-7-9-5-6-12(14)11-4-2-3-10(8)13(9)11/h2-6,8H,7H2,1H3. The van der Waals surface area contributed by atoms with Gasteiger partial charge in [0.05, 0.1) is 0 Å². The van der Waals surface area contributed by atoms with Crippen molar-refractivity contribution in [2.24, 2.45) is 0 Å². The van der Waals surface area contributed by atoms with Gasteiger partial charge in [0.2, 0.25) is 0 Å². The molecule has 70 valence electrons. The van der Waals surface area contributed by atoms with Crippen LogP contribution in [0.4, 0.5) is 4.39 Å². The summed E-state index contributed by atoms with van der Waals surface area (Å²) in [5.41, 5.74) is 2.60. The molecule has 1 aliphatic rings. The van der Waals surface area contributed by atoms with Gasteiger partial charge < -0.3 is 0 Å². The molecular formula is C13H11F. The van der Waals surface area contributed by atoms with Crippen LogP contribution in [0.25, 0.3) is 10.8 Å². The van der Waals surface area contributed by atoms with Gasteiger partial charge in [-0.15, -0.1) is 0 Å². The maximum atomic E-state index is 13.5. The van der Waals surface area contributed by atoms with Crippen molar-refractivity contribution in [3.63, 3.8) is 0 Å². The topological polar surface area (TPSA) is 0 Å². The van der Waals surface area contributed by atoms with Gasteiger partial charge >= 0.3 is 0 Å². The number of halogens is 1. The second kappa shape index (κ2) is 2.57. The molecule has 0 bridgehead atoms. The molecule has 0 radical (unpaired) electrons. The van der Waals surface area contributed by atoms with Gasteiger partial charge in [-0.3, -0.25) is 0 Å². The highest BCUT2D eigenvalue weighted by Gasteiger charge is 2.21. The second-order valence-corrected chi connectivity index (χ2v) is 4.08. The van der Waals surface area contributed by atoms with Gasteiger partial charge in [-0.2, -0.15) is 0 Å². The predicted molar refractivity (Wildman–Crippen MR) is 56.0 cm³/mol. The summed E-state index contributed by atoms with van der Waals surface area (Å²) in [6, 6.07) is 9.44. The minimum absolute atomic E-state index is 0.0975. The summed E-state index contributed by atoms with van der Waals surface area (Å²) >= 11 is 0. The molecule has 2 aromatic carbocycles. The van der Waals surface area contributed by atoms with E-state index in [9.17, 15) is 4.39 Å². The van der Waals surface area contributed by atoms with Gasteiger partial charge in [0.25, 0.3) is 0 Å². The van der Waals surface area contributed by atoms with E-state index >= 15 is 0 Å². The summed E-state index contributed by atoms with van der Waals surface area (Å²) in [5.74, 6) is 0.440. The average Bonchev–Trinajstić information content (AvgIpc) is 2.52. The van der Waals surface area contributed by atoms with Crippen LogP contribution < -0.4 is 0 Å². The van der Waals surface area contributed by atoms with Crippen LogP contribution in [0.1, 0.15) is 24.0 Å². The van der Waals surface area contributed by atoms with E-state index in [0.717, 1.165) is 17.2 Å². The normalized spacial score (nSPS) is 19.1. The van der Waals surface area contributed by atoms with E-state index < -0.39 is 0 Å². The summed E-state index contributed by atoms with van der Waals surface area (Å²) in [5, 5.41) is 1.93. The summed E-state index contributed by atoms with van der Waals surface area (Å²) < 4.78 is 13.5. The molecule has 1 atom stereocenters. The summed E-state index contributed by atoms with van der Waals surface area (Å²) in [7, 11) is 0. The third-order valence-electron chi connectivity index (χ3n) is 3.16. The quantitative estimate of drug-likeness (QED) is 0.589. The number of hydrogen-bond donors (Lipinski definition) is 0. The Morgan fingerprint density at radius 2 is 2.07 bits per heavy atom. The van der Waals surface area contributed by atoms with Gasteiger partial charge in [0, 0.05) is 5.39 Å². The van der Waals surface area contributed by atoms with Crippen LogP contribution in [0.3, 0.4) is 0 Å². The fourth-order valence-electron chi connectivity index (χ4n) is 2.50. The van der Waals surface area contributed by atoms with E-state index in [1.165, 1.54) is 11.1 Å². The zero-order valence-electron chi connectivity index (χ0n) is 8.05. The van der Waals surface area contributed by atoms with Crippen LogP contribution in [-0.4, -0.2) is 0 Å². The molecule has 1 heteroatoms. The van der Waals surface area contributed by atoms with E-state index in [-0.39, 0.29) is 5.82 Å². The van der Waals surface area contributed by atoms with Crippen molar-refractivity contribution in [2.75, 3.05) is 0 Å². The van der Waals surface area contributed by atoms with Gasteiger partial charge in [-0.25, -0.2) is 4.39 Å². The summed E-state index contributed by atoms with van der Waals surface area (Å²) in [6.45, 7) is 2.20. The molecule has 0 nitrogen and oxygen atoms in total. The number of hydrogen-bond acceptors (Lipinski definition) is 0. The van der Waals surface area contributed by atoms with Crippen molar-refractivity contribution in [2.45, 2.75) is 19.3 Å². The van der Waals surface area contributed by atoms with Gasteiger partial charge in [-0.05, 0) is 34.9 Å². The first kappa shape index (κ1) is 7.98. The Morgan fingerprint density at radius 1 is 1.21 bits per heavy atom. The third-order valence-corrected chi connectivity index (χ3v) is 3.16. The van der Waals surface area contributed by atoms with Gasteiger partial charge in [-0.1, -0.05) is 31.2 Å². The smallest absolute Gasteiger partial charge is 0.131 e. The first-order chi connectivity index (χ1) is 6.77. The molecule has 0 heterocycles. The van der Waals surface area contributed by atoms with Crippen molar-refractivity contribution in [3.05, 3.63) is 47.3 Å². The molecule has 0 aliphatic heterocycles. The number of benzene rings is 2. The van der Waals surface area contributed by atoms with Crippen LogP contribution in [0, 0.1) is 5.82 Å². The average molecular weight is 186 g/mol. The molecule has 1 unspecified atom stereocenters. The number of rotatable bonds is 0. The first-order valence-corrected chi connectivity index (χ1v) is 4.97. The molecule has 3 rings (SSSR count). The molecule has 0 fully saturated rings. The molecule has 0 spiro atoms. The SMILES string of the molecule is CC1Cc2ccc(F)c3cccc1c23. The van der Waals surface area contributed by atoms with Gasteiger partial charge in [0.1, 0.15) is 5.82 Å². The monoisotopic (exact) mass is 186 g/mol. The van der Waals surface area contributed by atoms with E-state index in [1.807, 2.05) is 18.2 Å². The molecule has 0 saturated carbocycles. The Morgan fingerprint density at radius 3 is 2.93 bits per heavy atom. The summed E-state index contributed by atoms with van der Waals surface area (Å²) in [6.07, 6.45) is 1.05. The minimum Gasteiger partial charge on any atom is -0.206 e. The maximum Gasteiger partial charge on any atom is 0.131 e. The highest BCUT2D eigenvalue weighted by molar-refractivity contribution is 5.91. The minimum atomic E-state index is -0.0975. The molecule has 1 aliphatic carbocycles. The van der Waals surface area contributed by atoms with Crippen LogP contribution in [0.2, 0.25) is 0 Å². The molecule has 0 saturated heterocycles. The zero-order valence-corrected chi connectivity index (χ0v) is 8.05. The lowest BCUT2D eigenvalue weighted by Gasteiger charge is -2.03. The third kappa shape index (κ3) is 0.872.